The maximum Gasteiger partial charge on any atom is 0.205 e. The van der Waals surface area contributed by atoms with Crippen molar-refractivity contribution in [2.24, 2.45) is 0 Å². The largest absolute Gasteiger partial charge is 0.344 e. The first kappa shape index (κ1) is 12.1. The van der Waals surface area contributed by atoms with Gasteiger partial charge in [-0.1, -0.05) is 6.92 Å². The van der Waals surface area contributed by atoms with E-state index in [9.17, 15) is 0 Å². The second kappa shape index (κ2) is 5.82. The maximum absolute atomic E-state index is 5.86. The molecule has 1 atom stereocenters. The van der Waals surface area contributed by atoms with Gasteiger partial charge in [-0.05, 0) is 25.7 Å². The number of halogens is 1. The summed E-state index contributed by atoms with van der Waals surface area (Å²) >= 11 is 7.39. The van der Waals surface area contributed by atoms with Gasteiger partial charge in [0, 0.05) is 36.4 Å². The van der Waals surface area contributed by atoms with Gasteiger partial charge in [0.2, 0.25) is 5.13 Å². The third-order valence-corrected chi connectivity index (χ3v) is 4.10. The van der Waals surface area contributed by atoms with E-state index in [4.69, 9.17) is 11.6 Å². The average Bonchev–Trinajstić information content (AvgIpc) is 2.79. The Kier molecular flexibility index (Phi) is 4.41. The van der Waals surface area contributed by atoms with E-state index in [1.54, 1.807) is 0 Å². The number of anilines is 1. The van der Waals surface area contributed by atoms with Crippen molar-refractivity contribution in [3.63, 3.8) is 0 Å². The van der Waals surface area contributed by atoms with Gasteiger partial charge in [-0.15, -0.1) is 11.6 Å². The van der Waals surface area contributed by atoms with Crippen LogP contribution in [0.2, 0.25) is 0 Å². The molecule has 1 aliphatic heterocycles. The summed E-state index contributed by atoms with van der Waals surface area (Å²) in [6.45, 7) is 3.21. The molecule has 0 amide bonds. The third kappa shape index (κ3) is 2.66. The highest BCUT2D eigenvalue weighted by atomic mass is 35.5. The molecular weight excluding hydrogens is 242 g/mol. The lowest BCUT2D eigenvalue weighted by Gasteiger charge is -2.35. The molecule has 3 nitrogen and oxygen atoms in total. The van der Waals surface area contributed by atoms with Gasteiger partial charge in [0.05, 0.1) is 0 Å². The minimum atomic E-state index is 0.573. The number of aromatic nitrogens is 2. The molecule has 2 rings (SSSR count). The van der Waals surface area contributed by atoms with Gasteiger partial charge in [0.15, 0.2) is 0 Å². The summed E-state index contributed by atoms with van der Waals surface area (Å²) in [6.07, 6.45) is 5.80. The van der Waals surface area contributed by atoms with Crippen LogP contribution in [0.25, 0.3) is 0 Å². The molecule has 1 fully saturated rings. The lowest BCUT2D eigenvalue weighted by atomic mass is 10.0. The van der Waals surface area contributed by atoms with Gasteiger partial charge in [0.1, 0.15) is 5.82 Å². The van der Waals surface area contributed by atoms with Crippen LogP contribution in [0, 0.1) is 0 Å². The van der Waals surface area contributed by atoms with E-state index in [0.29, 0.717) is 6.04 Å². The highest BCUT2D eigenvalue weighted by molar-refractivity contribution is 7.09. The molecule has 16 heavy (non-hydrogen) atoms. The molecular formula is C11H18ClN3S. The summed E-state index contributed by atoms with van der Waals surface area (Å²) in [5, 5.41) is 1.09. The van der Waals surface area contributed by atoms with E-state index in [0.717, 1.165) is 36.2 Å². The zero-order valence-electron chi connectivity index (χ0n) is 9.65. The smallest absolute Gasteiger partial charge is 0.205 e. The Hall–Kier alpha value is -0.350. The number of hydrogen-bond acceptors (Lipinski definition) is 4. The normalized spacial score (nSPS) is 21.4. The van der Waals surface area contributed by atoms with Crippen LogP contribution in [-0.2, 0) is 6.42 Å². The summed E-state index contributed by atoms with van der Waals surface area (Å²) < 4.78 is 4.36. The van der Waals surface area contributed by atoms with Crippen LogP contribution < -0.4 is 4.90 Å². The van der Waals surface area contributed by atoms with E-state index in [2.05, 4.69) is 21.2 Å². The number of aryl methyl sites for hydroxylation is 1. The Morgan fingerprint density at radius 1 is 1.50 bits per heavy atom. The van der Waals surface area contributed by atoms with E-state index < -0.39 is 0 Å². The van der Waals surface area contributed by atoms with Gasteiger partial charge < -0.3 is 4.90 Å². The van der Waals surface area contributed by atoms with E-state index >= 15 is 0 Å². The molecule has 90 valence electrons. The molecule has 2 heterocycles. The van der Waals surface area contributed by atoms with Crippen molar-refractivity contribution < 1.29 is 0 Å². The van der Waals surface area contributed by atoms with Crippen molar-refractivity contribution in [1.82, 2.24) is 9.36 Å². The van der Waals surface area contributed by atoms with Gasteiger partial charge in [-0.3, -0.25) is 0 Å². The monoisotopic (exact) mass is 259 g/mol. The number of alkyl halides is 1. The SMILES string of the molecule is CCc1nsc(N2CCCCC2CCCl)n1. The fraction of sp³-hybridized carbons (Fsp3) is 0.818. The Morgan fingerprint density at radius 3 is 3.06 bits per heavy atom. The van der Waals surface area contributed by atoms with Crippen LogP contribution in [-0.4, -0.2) is 27.8 Å². The lowest BCUT2D eigenvalue weighted by molar-refractivity contribution is 0.450. The number of hydrogen-bond donors (Lipinski definition) is 0. The van der Waals surface area contributed by atoms with Crippen molar-refractivity contribution in [2.45, 2.75) is 45.1 Å². The van der Waals surface area contributed by atoms with Crippen molar-refractivity contribution in [3.8, 4) is 0 Å². The quantitative estimate of drug-likeness (QED) is 0.778. The first-order valence-corrected chi connectivity index (χ1v) is 7.31. The zero-order valence-corrected chi connectivity index (χ0v) is 11.2. The molecule has 1 aromatic heterocycles. The summed E-state index contributed by atoms with van der Waals surface area (Å²) in [5.74, 6) is 1.70. The zero-order chi connectivity index (χ0) is 11.4. The van der Waals surface area contributed by atoms with Crippen LogP contribution in [0.3, 0.4) is 0 Å². The minimum Gasteiger partial charge on any atom is -0.344 e. The van der Waals surface area contributed by atoms with Crippen LogP contribution >= 0.6 is 23.1 Å². The topological polar surface area (TPSA) is 29.0 Å². The molecule has 5 heteroatoms. The second-order valence-corrected chi connectivity index (χ2v) is 5.28. The molecule has 1 saturated heterocycles. The van der Waals surface area contributed by atoms with Crippen LogP contribution in [0.15, 0.2) is 0 Å². The van der Waals surface area contributed by atoms with E-state index in [1.165, 1.54) is 30.8 Å². The highest BCUT2D eigenvalue weighted by Crippen LogP contribution is 2.28. The molecule has 1 aromatic rings. The number of rotatable bonds is 4. The van der Waals surface area contributed by atoms with E-state index in [-0.39, 0.29) is 0 Å². The van der Waals surface area contributed by atoms with Crippen molar-refractivity contribution in [2.75, 3.05) is 17.3 Å². The average molecular weight is 260 g/mol. The molecule has 1 aliphatic rings. The summed E-state index contributed by atoms with van der Waals surface area (Å²) in [7, 11) is 0. The molecule has 1 unspecified atom stereocenters. The molecule has 0 radical (unpaired) electrons. The van der Waals surface area contributed by atoms with Crippen LogP contribution in [0.4, 0.5) is 5.13 Å². The van der Waals surface area contributed by atoms with Gasteiger partial charge >= 0.3 is 0 Å². The first-order valence-electron chi connectivity index (χ1n) is 6.00. The van der Waals surface area contributed by atoms with Crippen LogP contribution in [0.1, 0.15) is 38.4 Å². The molecule has 0 spiro atoms. The van der Waals surface area contributed by atoms with Crippen molar-refractivity contribution in [1.29, 1.82) is 0 Å². The second-order valence-electron chi connectivity index (χ2n) is 4.17. The molecule has 0 aromatic carbocycles. The Balaban J connectivity index is 2.09. The minimum absolute atomic E-state index is 0.573. The predicted molar refractivity (Wildman–Crippen MR) is 69.6 cm³/mol. The standard InChI is InChI=1S/C11H18ClN3S/c1-2-10-13-11(16-14-10)15-8-4-3-5-9(15)6-7-12/h9H,2-8H2,1H3. The number of piperidine rings is 1. The Bertz CT molecular complexity index is 327. The first-order chi connectivity index (χ1) is 7.85. The molecule has 0 aliphatic carbocycles. The predicted octanol–water partition coefficient (Wildman–Crippen LogP) is 3.09. The number of nitrogens with zero attached hydrogens (tertiary/aromatic N) is 3. The summed E-state index contributed by atoms with van der Waals surface area (Å²) in [5.41, 5.74) is 0. The summed E-state index contributed by atoms with van der Waals surface area (Å²) in [4.78, 5) is 6.98. The highest BCUT2D eigenvalue weighted by Gasteiger charge is 2.24. The molecule has 0 bridgehead atoms. The Labute approximate surface area is 106 Å². The summed E-state index contributed by atoms with van der Waals surface area (Å²) in [6, 6.07) is 0.573. The molecule has 0 N–H and O–H groups in total. The van der Waals surface area contributed by atoms with Gasteiger partial charge in [-0.2, -0.15) is 4.37 Å². The Morgan fingerprint density at radius 2 is 2.38 bits per heavy atom. The van der Waals surface area contributed by atoms with E-state index in [1.807, 2.05) is 0 Å². The van der Waals surface area contributed by atoms with Crippen molar-refractivity contribution in [3.05, 3.63) is 5.82 Å². The van der Waals surface area contributed by atoms with Gasteiger partial charge in [0.25, 0.3) is 0 Å². The van der Waals surface area contributed by atoms with Gasteiger partial charge in [-0.25, -0.2) is 4.98 Å². The maximum atomic E-state index is 5.86. The fourth-order valence-corrected chi connectivity index (χ4v) is 3.28. The fourth-order valence-electron chi connectivity index (χ4n) is 2.18. The van der Waals surface area contributed by atoms with Crippen molar-refractivity contribution >= 4 is 28.3 Å². The molecule has 0 saturated carbocycles. The van der Waals surface area contributed by atoms with Crippen LogP contribution in [0.5, 0.6) is 0 Å². The third-order valence-electron chi connectivity index (χ3n) is 3.09. The lowest BCUT2D eigenvalue weighted by Crippen LogP contribution is -2.39.